The summed E-state index contributed by atoms with van der Waals surface area (Å²) in [4.78, 5) is 19.2. The summed E-state index contributed by atoms with van der Waals surface area (Å²) >= 11 is 0. The highest BCUT2D eigenvalue weighted by atomic mass is 31.2. The standard InChI is InChI=1S/C37H33N2O4P/c1-37(30-20-15-21-31(26-30)42-2)35(36(40)43-34(28-16-7-3-8-17-28)29-18-9-4-10-19-29)38-27-39(37)44(41,32-22-11-5-12-23-32)33-24-13-6-14-25-33/h3-27,34-35H,1-2H3/t35-,37-/m0/s1. The molecule has 0 N–H and O–H groups in total. The van der Waals surface area contributed by atoms with Gasteiger partial charge in [0.25, 0.3) is 0 Å². The minimum Gasteiger partial charge on any atom is -0.497 e. The van der Waals surface area contributed by atoms with Crippen LogP contribution in [0.15, 0.2) is 151 Å². The minimum absolute atomic E-state index is 0.528. The molecule has 44 heavy (non-hydrogen) atoms. The van der Waals surface area contributed by atoms with Crippen LogP contribution in [0.1, 0.15) is 29.7 Å². The quantitative estimate of drug-likeness (QED) is 0.136. The summed E-state index contributed by atoms with van der Waals surface area (Å²) in [6.07, 6.45) is 0.908. The zero-order valence-corrected chi connectivity index (χ0v) is 25.5. The number of ether oxygens (including phenoxy) is 2. The molecular weight excluding hydrogens is 567 g/mol. The Morgan fingerprint density at radius 2 is 1.25 bits per heavy atom. The summed E-state index contributed by atoms with van der Waals surface area (Å²) in [6.45, 7) is 1.90. The van der Waals surface area contributed by atoms with E-state index in [2.05, 4.69) is 0 Å². The summed E-state index contributed by atoms with van der Waals surface area (Å²) in [6, 6.07) is 44.5. The van der Waals surface area contributed by atoms with Crippen LogP contribution in [0.4, 0.5) is 0 Å². The molecule has 0 saturated carbocycles. The number of benzene rings is 5. The monoisotopic (exact) mass is 600 g/mol. The van der Waals surface area contributed by atoms with Crippen LogP contribution in [-0.2, 0) is 19.6 Å². The van der Waals surface area contributed by atoms with E-state index in [0.29, 0.717) is 16.4 Å². The number of aliphatic imine (C=N–C) groups is 1. The Labute approximate surface area is 258 Å². The van der Waals surface area contributed by atoms with Gasteiger partial charge in [0.05, 0.1) is 13.4 Å². The molecule has 0 aliphatic carbocycles. The fourth-order valence-corrected chi connectivity index (χ4v) is 8.79. The number of carbonyl (C=O) groups is 1. The second-order valence-corrected chi connectivity index (χ2v) is 13.4. The maximum absolute atomic E-state index is 15.6. The molecule has 0 unspecified atom stereocenters. The van der Waals surface area contributed by atoms with E-state index in [4.69, 9.17) is 14.5 Å². The summed E-state index contributed by atoms with van der Waals surface area (Å²) in [5.74, 6) is 0.0860. The molecule has 0 spiro atoms. The number of hydrogen-bond acceptors (Lipinski definition) is 5. The Morgan fingerprint density at radius 3 is 1.75 bits per heavy atom. The van der Waals surface area contributed by atoms with Gasteiger partial charge in [0.2, 0.25) is 7.29 Å². The summed E-state index contributed by atoms with van der Waals surface area (Å²) in [5, 5.41) is 1.26. The van der Waals surface area contributed by atoms with E-state index in [-0.39, 0.29) is 0 Å². The Hall–Kier alpha value is -4.93. The van der Waals surface area contributed by atoms with Crippen LogP contribution in [0.2, 0.25) is 0 Å². The lowest BCUT2D eigenvalue weighted by atomic mass is 9.85. The fourth-order valence-electron chi connectivity index (χ4n) is 5.83. The van der Waals surface area contributed by atoms with Crippen LogP contribution in [0.25, 0.3) is 0 Å². The van der Waals surface area contributed by atoms with Gasteiger partial charge in [-0.1, -0.05) is 109 Å². The second-order valence-electron chi connectivity index (χ2n) is 10.8. The number of methoxy groups -OCH3 is 1. The van der Waals surface area contributed by atoms with Gasteiger partial charge in [-0.15, -0.1) is 0 Å². The van der Waals surface area contributed by atoms with Gasteiger partial charge in [-0.3, -0.25) is 14.2 Å². The van der Waals surface area contributed by atoms with Crippen LogP contribution < -0.4 is 15.3 Å². The third-order valence-electron chi connectivity index (χ3n) is 8.17. The number of esters is 1. The molecule has 0 fully saturated rings. The molecular formula is C37H33N2O4P. The molecule has 0 saturated heterocycles. The molecule has 7 heteroatoms. The normalized spacial score (nSPS) is 17.9. The van der Waals surface area contributed by atoms with Crippen molar-refractivity contribution in [2.75, 3.05) is 7.11 Å². The van der Waals surface area contributed by atoms with Crippen LogP contribution in [0, 0.1) is 0 Å². The summed E-state index contributed by atoms with van der Waals surface area (Å²) in [7, 11) is -1.98. The topological polar surface area (TPSA) is 68.2 Å². The Kier molecular flexibility index (Phi) is 8.19. The number of carbonyl (C=O) groups excluding carboxylic acids is 1. The number of rotatable bonds is 9. The van der Waals surface area contributed by atoms with Gasteiger partial charge >= 0.3 is 5.97 Å². The smallest absolute Gasteiger partial charge is 0.334 e. The van der Waals surface area contributed by atoms with E-state index in [1.165, 1.54) is 0 Å². The maximum atomic E-state index is 15.6. The van der Waals surface area contributed by atoms with Gasteiger partial charge in [-0.05, 0) is 60.0 Å². The first kappa shape index (κ1) is 29.2. The van der Waals surface area contributed by atoms with Gasteiger partial charge < -0.3 is 9.47 Å². The molecule has 6 rings (SSSR count). The summed E-state index contributed by atoms with van der Waals surface area (Å²) < 4.78 is 29.3. The first-order chi connectivity index (χ1) is 21.5. The first-order valence-electron chi connectivity index (χ1n) is 14.5. The minimum atomic E-state index is -3.57. The number of hydrogen-bond donors (Lipinski definition) is 0. The molecule has 0 bridgehead atoms. The molecule has 0 radical (unpaired) electrons. The van der Waals surface area contributed by atoms with E-state index in [0.717, 1.165) is 16.7 Å². The third-order valence-corrected chi connectivity index (χ3v) is 11.3. The second kappa shape index (κ2) is 12.4. The van der Waals surface area contributed by atoms with Crippen molar-refractivity contribution in [3.8, 4) is 5.75 Å². The Bertz CT molecular complexity index is 1720. The van der Waals surface area contributed by atoms with Crippen molar-refractivity contribution in [3.05, 3.63) is 162 Å². The van der Waals surface area contributed by atoms with Crippen LogP contribution in [0.3, 0.4) is 0 Å². The van der Waals surface area contributed by atoms with Crippen molar-refractivity contribution in [2.45, 2.75) is 24.6 Å². The van der Waals surface area contributed by atoms with Crippen molar-refractivity contribution >= 4 is 30.2 Å². The molecule has 0 amide bonds. The highest BCUT2D eigenvalue weighted by Crippen LogP contribution is 2.57. The van der Waals surface area contributed by atoms with Gasteiger partial charge in [0.15, 0.2) is 12.1 Å². The van der Waals surface area contributed by atoms with Crippen LogP contribution >= 0.6 is 7.29 Å². The van der Waals surface area contributed by atoms with Crippen LogP contribution in [-0.4, -0.2) is 30.1 Å². The molecule has 5 aromatic carbocycles. The van der Waals surface area contributed by atoms with Gasteiger partial charge in [0.1, 0.15) is 11.3 Å². The number of nitrogens with zero attached hydrogens (tertiary/aromatic N) is 2. The van der Waals surface area contributed by atoms with Gasteiger partial charge in [-0.2, -0.15) is 0 Å². The third kappa shape index (κ3) is 5.23. The predicted molar refractivity (Wildman–Crippen MR) is 175 cm³/mol. The molecule has 6 nitrogen and oxygen atoms in total. The lowest BCUT2D eigenvalue weighted by molar-refractivity contribution is -0.151. The van der Waals surface area contributed by atoms with E-state index >= 15 is 4.57 Å². The van der Waals surface area contributed by atoms with Gasteiger partial charge in [0, 0.05) is 10.6 Å². The summed E-state index contributed by atoms with van der Waals surface area (Å²) in [5.41, 5.74) is 1.20. The van der Waals surface area contributed by atoms with Crippen molar-refractivity contribution in [1.82, 2.24) is 4.67 Å². The van der Waals surface area contributed by atoms with Crippen molar-refractivity contribution < 1.29 is 18.8 Å². The van der Waals surface area contributed by atoms with E-state index < -0.39 is 30.9 Å². The highest BCUT2D eigenvalue weighted by molar-refractivity contribution is 7.77. The molecule has 220 valence electrons. The SMILES string of the molecule is COc1cccc([C@@]2(C)[C@H](C(=O)OC(c3ccccc3)c3ccccc3)N=CN2P(=O)(c2ccccc2)c2ccccc2)c1. The average Bonchev–Trinajstić information content (AvgIpc) is 3.46. The van der Waals surface area contributed by atoms with E-state index in [1.54, 1.807) is 18.1 Å². The highest BCUT2D eigenvalue weighted by Gasteiger charge is 2.56. The molecule has 2 atom stereocenters. The van der Waals surface area contributed by atoms with Crippen molar-refractivity contribution in [2.24, 2.45) is 4.99 Å². The zero-order valence-electron chi connectivity index (χ0n) is 24.6. The average molecular weight is 601 g/mol. The maximum Gasteiger partial charge on any atom is 0.334 e. The molecule has 1 heterocycles. The fraction of sp³-hybridized carbons (Fsp3) is 0.135. The molecule has 5 aromatic rings. The van der Waals surface area contributed by atoms with Gasteiger partial charge in [-0.25, -0.2) is 4.79 Å². The van der Waals surface area contributed by atoms with E-state index in [1.807, 2.05) is 153 Å². The first-order valence-corrected chi connectivity index (χ1v) is 16.1. The predicted octanol–water partition coefficient (Wildman–Crippen LogP) is 6.88. The largest absolute Gasteiger partial charge is 0.497 e. The van der Waals surface area contributed by atoms with Crippen LogP contribution in [0.5, 0.6) is 5.75 Å². The lowest BCUT2D eigenvalue weighted by Gasteiger charge is -2.43. The molecule has 0 aromatic heterocycles. The van der Waals surface area contributed by atoms with Crippen molar-refractivity contribution in [3.63, 3.8) is 0 Å². The van der Waals surface area contributed by atoms with Crippen molar-refractivity contribution in [1.29, 1.82) is 0 Å². The lowest BCUT2D eigenvalue weighted by Crippen LogP contribution is -2.50. The zero-order chi connectivity index (χ0) is 30.6. The Morgan fingerprint density at radius 1 is 0.750 bits per heavy atom. The molecule has 1 aliphatic rings. The molecule has 1 aliphatic heterocycles. The van der Waals surface area contributed by atoms with E-state index in [9.17, 15) is 4.79 Å². The Balaban J connectivity index is 1.49.